The Hall–Kier alpha value is -1.46. The minimum Gasteiger partial charge on any atom is -0.303 e. The summed E-state index contributed by atoms with van der Waals surface area (Å²) in [5.41, 5.74) is 8.97. The Morgan fingerprint density at radius 2 is 2.14 bits per heavy atom. The summed E-state index contributed by atoms with van der Waals surface area (Å²) in [6, 6.07) is 4.26. The van der Waals surface area contributed by atoms with Gasteiger partial charge in [-0.25, -0.2) is 10.4 Å². The first-order valence-corrected chi connectivity index (χ1v) is 8.67. The van der Waals surface area contributed by atoms with Gasteiger partial charge in [0.2, 0.25) is 0 Å². The van der Waals surface area contributed by atoms with Crippen molar-refractivity contribution in [1.82, 2.24) is 15.8 Å². The van der Waals surface area contributed by atoms with Gasteiger partial charge in [0.25, 0.3) is 0 Å². The molecule has 5 heteroatoms. The van der Waals surface area contributed by atoms with Crippen molar-refractivity contribution < 1.29 is 0 Å². The fourth-order valence-corrected chi connectivity index (χ4v) is 5.06. The molecule has 0 unspecified atom stereocenters. The molecule has 3 saturated carbocycles. The van der Waals surface area contributed by atoms with E-state index in [4.69, 9.17) is 4.99 Å². The van der Waals surface area contributed by atoms with Crippen LogP contribution in [0.5, 0.6) is 0 Å². The second-order valence-electron chi connectivity index (χ2n) is 6.58. The number of nitrogens with one attached hydrogen (secondary N) is 2. The van der Waals surface area contributed by atoms with Gasteiger partial charge in [-0.1, -0.05) is 0 Å². The van der Waals surface area contributed by atoms with Crippen LogP contribution in [-0.4, -0.2) is 16.5 Å². The Morgan fingerprint density at radius 3 is 2.95 bits per heavy atom. The Bertz CT molecular complexity index is 729. The normalized spacial score (nSPS) is 34.4. The van der Waals surface area contributed by atoms with Crippen LogP contribution in [0, 0.1) is 11.8 Å². The first-order chi connectivity index (χ1) is 10.3. The summed E-state index contributed by atoms with van der Waals surface area (Å²) in [5, 5.41) is 2.09. The third-order valence-electron chi connectivity index (χ3n) is 5.41. The van der Waals surface area contributed by atoms with Gasteiger partial charge in [-0.15, -0.1) is 11.3 Å². The average Bonchev–Trinajstić information content (AvgIpc) is 3.15. The van der Waals surface area contributed by atoms with E-state index in [1.165, 1.54) is 36.8 Å². The molecular formula is C16H18N4S. The summed E-state index contributed by atoms with van der Waals surface area (Å²) in [6.45, 7) is 0. The third kappa shape index (κ3) is 1.77. The van der Waals surface area contributed by atoms with Crippen LogP contribution in [0.1, 0.15) is 37.7 Å². The molecule has 0 radical (unpaired) electrons. The monoisotopic (exact) mass is 298 g/mol. The number of rotatable bonds is 1. The van der Waals surface area contributed by atoms with Gasteiger partial charge in [0.1, 0.15) is 11.5 Å². The van der Waals surface area contributed by atoms with Gasteiger partial charge < -0.3 is 5.43 Å². The van der Waals surface area contributed by atoms with Crippen LogP contribution in [0.4, 0.5) is 0 Å². The largest absolute Gasteiger partial charge is 0.303 e. The van der Waals surface area contributed by atoms with Gasteiger partial charge in [0.05, 0.1) is 10.2 Å². The lowest BCUT2D eigenvalue weighted by Crippen LogP contribution is -2.56. The molecule has 2 aromatic heterocycles. The van der Waals surface area contributed by atoms with Gasteiger partial charge in [0, 0.05) is 11.8 Å². The van der Waals surface area contributed by atoms with Crippen molar-refractivity contribution in [1.29, 1.82) is 0 Å². The zero-order chi connectivity index (χ0) is 13.9. The molecule has 2 aromatic rings. The predicted molar refractivity (Wildman–Crippen MR) is 85.2 cm³/mol. The zero-order valence-electron chi connectivity index (χ0n) is 11.8. The quantitative estimate of drug-likeness (QED) is 0.850. The molecule has 4 nitrogen and oxygen atoms in total. The van der Waals surface area contributed by atoms with Crippen LogP contribution >= 0.6 is 11.3 Å². The number of pyridine rings is 1. The zero-order valence-corrected chi connectivity index (χ0v) is 12.6. The molecule has 0 amide bonds. The van der Waals surface area contributed by atoms with Crippen LogP contribution in [-0.2, 0) is 0 Å². The minimum absolute atomic E-state index is 0.0547. The van der Waals surface area contributed by atoms with Crippen molar-refractivity contribution >= 4 is 27.4 Å². The predicted octanol–water partition coefficient (Wildman–Crippen LogP) is 3.06. The smallest absolute Gasteiger partial charge is 0.146 e. The second-order valence-corrected chi connectivity index (χ2v) is 7.53. The Morgan fingerprint density at radius 1 is 1.24 bits per heavy atom. The molecule has 4 aliphatic rings. The van der Waals surface area contributed by atoms with E-state index >= 15 is 0 Å². The van der Waals surface area contributed by atoms with Crippen molar-refractivity contribution in [2.75, 3.05) is 0 Å². The maximum Gasteiger partial charge on any atom is 0.146 e. The summed E-state index contributed by atoms with van der Waals surface area (Å²) in [4.78, 5) is 9.61. The first-order valence-electron chi connectivity index (χ1n) is 7.79. The fraction of sp³-hybridized carbons (Fsp3) is 0.500. The Kier molecular flexibility index (Phi) is 2.47. The third-order valence-corrected chi connectivity index (χ3v) is 6.26. The highest BCUT2D eigenvalue weighted by Crippen LogP contribution is 2.48. The molecule has 2 N–H and O–H groups in total. The molecule has 1 aliphatic heterocycles. The fourth-order valence-electron chi connectivity index (χ4n) is 4.28. The van der Waals surface area contributed by atoms with Crippen LogP contribution in [0.15, 0.2) is 28.7 Å². The van der Waals surface area contributed by atoms with Crippen molar-refractivity contribution in [3.05, 3.63) is 29.3 Å². The van der Waals surface area contributed by atoms with E-state index in [9.17, 15) is 0 Å². The number of nitrogens with zero attached hydrogens (tertiary/aromatic N) is 2. The van der Waals surface area contributed by atoms with Crippen LogP contribution in [0.3, 0.4) is 0 Å². The molecule has 0 aromatic carbocycles. The first kappa shape index (κ1) is 12.1. The summed E-state index contributed by atoms with van der Waals surface area (Å²) >= 11 is 1.73. The summed E-state index contributed by atoms with van der Waals surface area (Å²) in [6.07, 6.45) is 8.53. The van der Waals surface area contributed by atoms with Gasteiger partial charge in [-0.3, -0.25) is 4.98 Å². The molecule has 1 atom stereocenters. The molecule has 3 aliphatic carbocycles. The number of aliphatic imine (C=N–C) groups is 1. The number of hydrazine groups is 1. The highest BCUT2D eigenvalue weighted by atomic mass is 32.1. The van der Waals surface area contributed by atoms with Crippen LogP contribution < -0.4 is 10.9 Å². The van der Waals surface area contributed by atoms with Crippen LogP contribution in [0.2, 0.25) is 0 Å². The molecular weight excluding hydrogens is 280 g/mol. The topological polar surface area (TPSA) is 49.3 Å². The average molecular weight is 298 g/mol. The molecule has 2 bridgehead atoms. The molecule has 3 fully saturated rings. The van der Waals surface area contributed by atoms with Gasteiger partial charge >= 0.3 is 0 Å². The molecule has 1 spiro atoms. The minimum atomic E-state index is -0.0547. The van der Waals surface area contributed by atoms with Crippen LogP contribution in [0.25, 0.3) is 10.2 Å². The number of thiophene rings is 1. The Labute approximate surface area is 127 Å². The second kappa shape index (κ2) is 4.27. The summed E-state index contributed by atoms with van der Waals surface area (Å²) in [5.74, 6) is 2.50. The summed E-state index contributed by atoms with van der Waals surface area (Å²) in [7, 11) is 0. The number of aromatic nitrogens is 1. The molecule has 108 valence electrons. The number of hydrogen-bond donors (Lipinski definition) is 2. The number of amidine groups is 1. The molecule has 3 heterocycles. The highest BCUT2D eigenvalue weighted by Gasteiger charge is 2.49. The SMILES string of the molecule is c1cc2ncc(C3=N[C@]4(CC5CCC4CC5)NN3)cc2s1. The maximum atomic E-state index is 5.08. The van der Waals surface area contributed by atoms with Crippen molar-refractivity contribution in [3.8, 4) is 0 Å². The maximum absolute atomic E-state index is 5.08. The molecule has 0 saturated heterocycles. The molecule has 21 heavy (non-hydrogen) atoms. The van der Waals surface area contributed by atoms with E-state index in [2.05, 4.69) is 33.3 Å². The summed E-state index contributed by atoms with van der Waals surface area (Å²) < 4.78 is 1.23. The Balaban J connectivity index is 1.53. The van der Waals surface area contributed by atoms with Crippen molar-refractivity contribution in [2.24, 2.45) is 16.8 Å². The lowest BCUT2D eigenvalue weighted by molar-refractivity contribution is 0.0506. The highest BCUT2D eigenvalue weighted by molar-refractivity contribution is 7.17. The van der Waals surface area contributed by atoms with E-state index in [0.717, 1.165) is 22.8 Å². The lowest BCUT2D eigenvalue weighted by Gasteiger charge is -2.47. The number of fused-ring (bicyclic) bond motifs is 3. The van der Waals surface area contributed by atoms with E-state index in [-0.39, 0.29) is 5.66 Å². The van der Waals surface area contributed by atoms with E-state index in [1.54, 1.807) is 11.3 Å². The number of hydrogen-bond acceptors (Lipinski definition) is 5. The van der Waals surface area contributed by atoms with Gasteiger partial charge in [-0.05, 0) is 61.5 Å². The van der Waals surface area contributed by atoms with Crippen molar-refractivity contribution in [2.45, 2.75) is 37.8 Å². The van der Waals surface area contributed by atoms with E-state index < -0.39 is 0 Å². The standard InChI is InChI=1S/C16H18N4S/c1-3-12-4-2-10(1)8-16(12)18-15(19-20-16)11-7-14-13(17-9-11)5-6-21-14/h5-7,9-10,12,20H,1-4,8H2,(H,18,19)/t10?,12?,16-/m1/s1. The van der Waals surface area contributed by atoms with E-state index in [1.807, 2.05) is 6.20 Å². The molecule has 6 rings (SSSR count). The van der Waals surface area contributed by atoms with Gasteiger partial charge in [-0.2, -0.15) is 0 Å². The lowest BCUT2D eigenvalue weighted by atomic mass is 9.65. The van der Waals surface area contributed by atoms with Crippen molar-refractivity contribution in [3.63, 3.8) is 0 Å². The van der Waals surface area contributed by atoms with E-state index in [0.29, 0.717) is 5.92 Å². The van der Waals surface area contributed by atoms with Gasteiger partial charge in [0.15, 0.2) is 0 Å².